The summed E-state index contributed by atoms with van der Waals surface area (Å²) in [5.74, 6) is 0. The fourth-order valence-corrected chi connectivity index (χ4v) is 3.07. The first-order valence-corrected chi connectivity index (χ1v) is 10.1. The summed E-state index contributed by atoms with van der Waals surface area (Å²) in [6.45, 7) is 13.5. The van der Waals surface area contributed by atoms with E-state index >= 15 is 0 Å². The van der Waals surface area contributed by atoms with Crippen LogP contribution in [-0.2, 0) is 0 Å². The standard InChI is InChI=1S/C20H41N3/c1-4-7-8-9-10-11-12-13-17-23(18-14-16-21)20-15-19-22(5-2)6-3/h4-15,17-20H2,1-3H3. The molecule has 0 unspecified atom stereocenters. The molecule has 23 heavy (non-hydrogen) atoms. The van der Waals surface area contributed by atoms with E-state index in [4.69, 9.17) is 5.26 Å². The molecule has 0 saturated heterocycles. The lowest BCUT2D eigenvalue weighted by Crippen LogP contribution is -2.31. The highest BCUT2D eigenvalue weighted by atomic mass is 15.1. The molecule has 0 aromatic heterocycles. The minimum Gasteiger partial charge on any atom is -0.304 e. The number of nitriles is 1. The molecule has 0 spiro atoms. The van der Waals surface area contributed by atoms with Gasteiger partial charge in [-0.25, -0.2) is 0 Å². The minimum atomic E-state index is 0.669. The Hall–Kier alpha value is -0.590. The Morgan fingerprint density at radius 3 is 1.70 bits per heavy atom. The van der Waals surface area contributed by atoms with E-state index in [-0.39, 0.29) is 0 Å². The third-order valence-electron chi connectivity index (χ3n) is 4.71. The van der Waals surface area contributed by atoms with Gasteiger partial charge in [0.2, 0.25) is 0 Å². The largest absolute Gasteiger partial charge is 0.304 e. The van der Waals surface area contributed by atoms with Gasteiger partial charge in [-0.2, -0.15) is 5.26 Å². The van der Waals surface area contributed by atoms with Crippen LogP contribution in [0, 0.1) is 11.3 Å². The maximum absolute atomic E-state index is 8.83. The maximum Gasteiger partial charge on any atom is 0.0635 e. The second kappa shape index (κ2) is 17.8. The first-order valence-electron chi connectivity index (χ1n) is 10.1. The average Bonchev–Trinajstić information content (AvgIpc) is 2.58. The molecular weight excluding hydrogens is 282 g/mol. The fourth-order valence-electron chi connectivity index (χ4n) is 3.07. The zero-order chi connectivity index (χ0) is 17.2. The van der Waals surface area contributed by atoms with Crippen LogP contribution in [0.5, 0.6) is 0 Å². The van der Waals surface area contributed by atoms with Gasteiger partial charge in [0, 0.05) is 13.0 Å². The van der Waals surface area contributed by atoms with Crippen LogP contribution in [0.25, 0.3) is 0 Å². The van der Waals surface area contributed by atoms with Crippen molar-refractivity contribution in [3.63, 3.8) is 0 Å². The van der Waals surface area contributed by atoms with Crippen molar-refractivity contribution in [3.8, 4) is 6.07 Å². The summed E-state index contributed by atoms with van der Waals surface area (Å²) in [5, 5.41) is 8.83. The van der Waals surface area contributed by atoms with Gasteiger partial charge < -0.3 is 9.80 Å². The Morgan fingerprint density at radius 1 is 0.609 bits per heavy atom. The molecule has 0 heterocycles. The van der Waals surface area contributed by atoms with Crippen LogP contribution >= 0.6 is 0 Å². The minimum absolute atomic E-state index is 0.669. The lowest BCUT2D eigenvalue weighted by Gasteiger charge is -2.23. The smallest absolute Gasteiger partial charge is 0.0635 e. The molecular formula is C20H41N3. The molecule has 0 radical (unpaired) electrons. The second-order valence-electron chi connectivity index (χ2n) is 6.61. The maximum atomic E-state index is 8.83. The quantitative estimate of drug-likeness (QED) is 0.350. The molecule has 0 N–H and O–H groups in total. The Balaban J connectivity index is 3.72. The van der Waals surface area contributed by atoms with Gasteiger partial charge in [0.05, 0.1) is 6.07 Å². The summed E-state index contributed by atoms with van der Waals surface area (Å²) >= 11 is 0. The summed E-state index contributed by atoms with van der Waals surface area (Å²) in [4.78, 5) is 4.99. The molecule has 0 aliphatic heterocycles. The van der Waals surface area contributed by atoms with E-state index in [1.807, 2.05) is 0 Å². The second-order valence-corrected chi connectivity index (χ2v) is 6.61. The van der Waals surface area contributed by atoms with Crippen molar-refractivity contribution >= 4 is 0 Å². The molecule has 0 aromatic rings. The molecule has 3 heteroatoms. The van der Waals surface area contributed by atoms with Gasteiger partial charge in [0.25, 0.3) is 0 Å². The Kier molecular flexibility index (Phi) is 17.3. The van der Waals surface area contributed by atoms with Crippen molar-refractivity contribution in [1.29, 1.82) is 5.26 Å². The first-order chi connectivity index (χ1) is 11.3. The van der Waals surface area contributed by atoms with Crippen molar-refractivity contribution in [2.75, 3.05) is 39.3 Å². The highest BCUT2D eigenvalue weighted by Crippen LogP contribution is 2.09. The van der Waals surface area contributed by atoms with Crippen LogP contribution in [0.15, 0.2) is 0 Å². The number of rotatable bonds is 17. The van der Waals surface area contributed by atoms with Gasteiger partial charge in [-0.15, -0.1) is 0 Å². The van der Waals surface area contributed by atoms with E-state index in [0.29, 0.717) is 6.42 Å². The number of nitrogens with zero attached hydrogens (tertiary/aromatic N) is 3. The highest BCUT2D eigenvalue weighted by Gasteiger charge is 2.06. The average molecular weight is 324 g/mol. The van der Waals surface area contributed by atoms with Crippen LogP contribution in [0.4, 0.5) is 0 Å². The van der Waals surface area contributed by atoms with Crippen LogP contribution in [0.1, 0.15) is 85.0 Å². The van der Waals surface area contributed by atoms with Gasteiger partial charge in [-0.3, -0.25) is 0 Å². The Bertz CT molecular complexity index is 269. The predicted octanol–water partition coefficient (Wildman–Crippen LogP) is 5.07. The molecule has 0 bridgehead atoms. The SMILES string of the molecule is CCCCCCCCCCN(CCC#N)CCCN(CC)CC. The van der Waals surface area contributed by atoms with E-state index in [1.165, 1.54) is 70.9 Å². The summed E-state index contributed by atoms with van der Waals surface area (Å²) < 4.78 is 0. The van der Waals surface area contributed by atoms with Gasteiger partial charge in [-0.1, -0.05) is 65.7 Å². The van der Waals surface area contributed by atoms with E-state index in [2.05, 4.69) is 36.6 Å². The van der Waals surface area contributed by atoms with Gasteiger partial charge in [-0.05, 0) is 45.6 Å². The first kappa shape index (κ1) is 22.4. The summed E-state index contributed by atoms with van der Waals surface area (Å²) in [7, 11) is 0. The third-order valence-corrected chi connectivity index (χ3v) is 4.71. The zero-order valence-electron chi connectivity index (χ0n) is 16.2. The molecule has 3 nitrogen and oxygen atoms in total. The van der Waals surface area contributed by atoms with E-state index in [9.17, 15) is 0 Å². The summed E-state index contributed by atoms with van der Waals surface area (Å²) in [6, 6.07) is 2.30. The molecule has 0 amide bonds. The van der Waals surface area contributed by atoms with E-state index in [0.717, 1.165) is 26.2 Å². The number of hydrogen-bond acceptors (Lipinski definition) is 3. The predicted molar refractivity (Wildman–Crippen MR) is 102 cm³/mol. The lowest BCUT2D eigenvalue weighted by molar-refractivity contribution is 0.236. The summed E-state index contributed by atoms with van der Waals surface area (Å²) in [6.07, 6.45) is 12.9. The zero-order valence-corrected chi connectivity index (χ0v) is 16.2. The van der Waals surface area contributed by atoms with Crippen molar-refractivity contribution in [2.45, 2.75) is 85.0 Å². The van der Waals surface area contributed by atoms with Crippen LogP contribution in [-0.4, -0.2) is 49.1 Å². The van der Waals surface area contributed by atoms with Crippen molar-refractivity contribution in [2.24, 2.45) is 0 Å². The van der Waals surface area contributed by atoms with Gasteiger partial charge in [0.1, 0.15) is 0 Å². The topological polar surface area (TPSA) is 30.3 Å². The van der Waals surface area contributed by atoms with Crippen LogP contribution in [0.3, 0.4) is 0 Å². The van der Waals surface area contributed by atoms with Gasteiger partial charge in [0.15, 0.2) is 0 Å². The summed E-state index contributed by atoms with van der Waals surface area (Å²) in [5.41, 5.74) is 0. The Morgan fingerprint density at radius 2 is 1.13 bits per heavy atom. The van der Waals surface area contributed by atoms with Crippen LogP contribution in [0.2, 0.25) is 0 Å². The van der Waals surface area contributed by atoms with Gasteiger partial charge >= 0.3 is 0 Å². The van der Waals surface area contributed by atoms with Crippen molar-refractivity contribution in [3.05, 3.63) is 0 Å². The molecule has 0 fully saturated rings. The Labute approximate surface area is 146 Å². The monoisotopic (exact) mass is 323 g/mol. The number of unbranched alkanes of at least 4 members (excludes halogenated alkanes) is 7. The van der Waals surface area contributed by atoms with Crippen molar-refractivity contribution in [1.82, 2.24) is 9.80 Å². The molecule has 136 valence electrons. The molecule has 0 saturated carbocycles. The molecule has 0 aromatic carbocycles. The van der Waals surface area contributed by atoms with E-state index in [1.54, 1.807) is 0 Å². The van der Waals surface area contributed by atoms with Crippen LogP contribution < -0.4 is 0 Å². The van der Waals surface area contributed by atoms with Crippen molar-refractivity contribution < 1.29 is 0 Å². The van der Waals surface area contributed by atoms with E-state index < -0.39 is 0 Å². The molecule has 0 aliphatic rings. The third kappa shape index (κ3) is 14.7. The molecule has 0 aliphatic carbocycles. The normalized spacial score (nSPS) is 11.3. The lowest BCUT2D eigenvalue weighted by atomic mass is 10.1. The fraction of sp³-hybridized carbons (Fsp3) is 0.950. The molecule has 0 atom stereocenters. The molecule has 0 rings (SSSR count). The highest BCUT2D eigenvalue weighted by molar-refractivity contribution is 4.72. The number of hydrogen-bond donors (Lipinski definition) is 0.